The standard InChI is InChI=1S/C10H10ClF4N/c11-8-3-1-2-6(9(8)12)4-7(16)5-10(13,14)15/h1-3,7H,4-5,16H2. The van der Waals surface area contributed by atoms with Gasteiger partial charge in [-0.3, -0.25) is 0 Å². The van der Waals surface area contributed by atoms with E-state index in [-0.39, 0.29) is 17.0 Å². The zero-order valence-electron chi connectivity index (χ0n) is 8.19. The van der Waals surface area contributed by atoms with E-state index in [2.05, 4.69) is 0 Å². The van der Waals surface area contributed by atoms with Crippen molar-refractivity contribution in [1.82, 2.24) is 0 Å². The van der Waals surface area contributed by atoms with E-state index in [0.717, 1.165) is 0 Å². The number of rotatable bonds is 3. The quantitative estimate of drug-likeness (QED) is 0.824. The molecule has 0 amide bonds. The predicted molar refractivity (Wildman–Crippen MR) is 53.8 cm³/mol. The van der Waals surface area contributed by atoms with Crippen LogP contribution < -0.4 is 5.73 Å². The van der Waals surface area contributed by atoms with Crippen LogP contribution in [0.3, 0.4) is 0 Å². The van der Waals surface area contributed by atoms with Gasteiger partial charge in [-0.2, -0.15) is 13.2 Å². The Hall–Kier alpha value is -0.810. The van der Waals surface area contributed by atoms with Gasteiger partial charge in [0, 0.05) is 6.04 Å². The Labute approximate surface area is 95.2 Å². The predicted octanol–water partition coefficient (Wildman–Crippen LogP) is 3.30. The molecule has 2 N–H and O–H groups in total. The van der Waals surface area contributed by atoms with Crippen LogP contribution in [0, 0.1) is 5.82 Å². The van der Waals surface area contributed by atoms with Gasteiger partial charge < -0.3 is 5.73 Å². The van der Waals surface area contributed by atoms with Crippen LogP contribution in [0.2, 0.25) is 5.02 Å². The molecule has 0 aromatic heterocycles. The third-order valence-electron chi connectivity index (χ3n) is 2.01. The highest BCUT2D eigenvalue weighted by molar-refractivity contribution is 6.30. The maximum absolute atomic E-state index is 13.3. The molecule has 16 heavy (non-hydrogen) atoms. The summed E-state index contributed by atoms with van der Waals surface area (Å²) < 4.78 is 49.3. The summed E-state index contributed by atoms with van der Waals surface area (Å²) in [6, 6.07) is 3.02. The molecule has 1 atom stereocenters. The van der Waals surface area contributed by atoms with Crippen molar-refractivity contribution in [2.75, 3.05) is 0 Å². The number of benzene rings is 1. The summed E-state index contributed by atoms with van der Waals surface area (Å²) in [5.41, 5.74) is 5.38. The molecule has 0 spiro atoms. The van der Waals surface area contributed by atoms with E-state index in [9.17, 15) is 17.6 Å². The highest BCUT2D eigenvalue weighted by Crippen LogP contribution is 2.24. The fraction of sp³-hybridized carbons (Fsp3) is 0.400. The molecule has 90 valence electrons. The van der Waals surface area contributed by atoms with E-state index in [1.807, 2.05) is 0 Å². The first kappa shape index (κ1) is 13.3. The molecule has 0 saturated heterocycles. The molecule has 0 aliphatic heterocycles. The molecule has 1 aromatic rings. The molecule has 0 bridgehead atoms. The van der Waals surface area contributed by atoms with E-state index in [4.69, 9.17) is 17.3 Å². The fourth-order valence-corrected chi connectivity index (χ4v) is 1.55. The van der Waals surface area contributed by atoms with Crippen molar-refractivity contribution < 1.29 is 17.6 Å². The van der Waals surface area contributed by atoms with Crippen molar-refractivity contribution in [2.24, 2.45) is 5.73 Å². The lowest BCUT2D eigenvalue weighted by molar-refractivity contribution is -0.138. The molecule has 6 heteroatoms. The summed E-state index contributed by atoms with van der Waals surface area (Å²) in [6.45, 7) is 0. The first-order valence-corrected chi connectivity index (χ1v) is 4.92. The lowest BCUT2D eigenvalue weighted by Crippen LogP contribution is -2.29. The summed E-state index contributed by atoms with van der Waals surface area (Å²) in [6.07, 6.45) is -5.67. The second-order valence-corrected chi connectivity index (χ2v) is 3.90. The second kappa shape index (κ2) is 5.01. The third-order valence-corrected chi connectivity index (χ3v) is 2.30. The Morgan fingerprint density at radius 1 is 1.31 bits per heavy atom. The minimum atomic E-state index is -4.34. The van der Waals surface area contributed by atoms with Crippen molar-refractivity contribution in [2.45, 2.75) is 25.1 Å². The molecular formula is C10H10ClF4N. The molecule has 0 aliphatic carbocycles. The van der Waals surface area contributed by atoms with Crippen LogP contribution in [0.4, 0.5) is 17.6 Å². The van der Waals surface area contributed by atoms with Crippen LogP contribution in [0.1, 0.15) is 12.0 Å². The third kappa shape index (κ3) is 3.98. The topological polar surface area (TPSA) is 26.0 Å². The Balaban J connectivity index is 2.70. The average molecular weight is 256 g/mol. The van der Waals surface area contributed by atoms with Gasteiger partial charge in [0.25, 0.3) is 0 Å². The highest BCUT2D eigenvalue weighted by atomic mass is 35.5. The van der Waals surface area contributed by atoms with Crippen molar-refractivity contribution in [3.63, 3.8) is 0 Å². The second-order valence-electron chi connectivity index (χ2n) is 3.50. The van der Waals surface area contributed by atoms with Gasteiger partial charge in [-0.15, -0.1) is 0 Å². The van der Waals surface area contributed by atoms with Crippen molar-refractivity contribution >= 4 is 11.6 Å². The van der Waals surface area contributed by atoms with Crippen LogP contribution in [0.15, 0.2) is 18.2 Å². The highest BCUT2D eigenvalue weighted by Gasteiger charge is 2.30. The summed E-state index contributed by atoms with van der Waals surface area (Å²) in [5.74, 6) is -0.707. The van der Waals surface area contributed by atoms with E-state index < -0.39 is 24.5 Å². The molecule has 1 aromatic carbocycles. The zero-order valence-corrected chi connectivity index (χ0v) is 8.95. The molecule has 0 saturated carbocycles. The van der Waals surface area contributed by atoms with Gasteiger partial charge in [-0.05, 0) is 18.1 Å². The molecule has 0 radical (unpaired) electrons. The van der Waals surface area contributed by atoms with Gasteiger partial charge in [-0.1, -0.05) is 23.7 Å². The smallest absolute Gasteiger partial charge is 0.327 e. The number of alkyl halides is 3. The van der Waals surface area contributed by atoms with E-state index in [1.165, 1.54) is 18.2 Å². The monoisotopic (exact) mass is 255 g/mol. The maximum Gasteiger partial charge on any atom is 0.390 e. The molecule has 0 aliphatic rings. The largest absolute Gasteiger partial charge is 0.390 e. The van der Waals surface area contributed by atoms with Gasteiger partial charge in [0.1, 0.15) is 5.82 Å². The van der Waals surface area contributed by atoms with Gasteiger partial charge in [0.05, 0.1) is 11.4 Å². The van der Waals surface area contributed by atoms with Gasteiger partial charge in [-0.25, -0.2) is 4.39 Å². The SMILES string of the molecule is NC(Cc1cccc(Cl)c1F)CC(F)(F)F. The van der Waals surface area contributed by atoms with Crippen molar-refractivity contribution in [3.8, 4) is 0 Å². The zero-order chi connectivity index (χ0) is 12.3. The van der Waals surface area contributed by atoms with E-state index in [0.29, 0.717) is 0 Å². The number of halogens is 5. The summed E-state index contributed by atoms with van der Waals surface area (Å²) in [4.78, 5) is 0. The Morgan fingerprint density at radius 3 is 2.50 bits per heavy atom. The van der Waals surface area contributed by atoms with Crippen LogP contribution in [0.25, 0.3) is 0 Å². The summed E-state index contributed by atoms with van der Waals surface area (Å²) in [7, 11) is 0. The normalized spacial score (nSPS) is 13.9. The summed E-state index contributed by atoms with van der Waals surface area (Å²) >= 11 is 5.49. The van der Waals surface area contributed by atoms with Gasteiger partial charge in [0.2, 0.25) is 0 Å². The lowest BCUT2D eigenvalue weighted by Gasteiger charge is -2.14. The van der Waals surface area contributed by atoms with Gasteiger partial charge in [0.15, 0.2) is 0 Å². The first-order valence-electron chi connectivity index (χ1n) is 4.55. The average Bonchev–Trinajstić information content (AvgIpc) is 2.09. The number of hydrogen-bond acceptors (Lipinski definition) is 1. The van der Waals surface area contributed by atoms with E-state index >= 15 is 0 Å². The molecule has 0 heterocycles. The van der Waals surface area contributed by atoms with Gasteiger partial charge >= 0.3 is 6.18 Å². The van der Waals surface area contributed by atoms with Crippen molar-refractivity contribution in [3.05, 3.63) is 34.6 Å². The van der Waals surface area contributed by atoms with Crippen LogP contribution >= 0.6 is 11.6 Å². The van der Waals surface area contributed by atoms with E-state index in [1.54, 1.807) is 0 Å². The fourth-order valence-electron chi connectivity index (χ4n) is 1.36. The van der Waals surface area contributed by atoms with Crippen LogP contribution in [-0.2, 0) is 6.42 Å². The molecule has 1 nitrogen and oxygen atoms in total. The Kier molecular flexibility index (Phi) is 4.15. The first-order chi connectivity index (χ1) is 7.29. The van der Waals surface area contributed by atoms with Crippen molar-refractivity contribution in [1.29, 1.82) is 0 Å². The molecule has 1 rings (SSSR count). The number of nitrogens with two attached hydrogens (primary N) is 1. The minimum absolute atomic E-state index is 0.101. The maximum atomic E-state index is 13.3. The Morgan fingerprint density at radius 2 is 1.94 bits per heavy atom. The number of hydrogen-bond donors (Lipinski definition) is 1. The van der Waals surface area contributed by atoms with Crippen LogP contribution in [0.5, 0.6) is 0 Å². The summed E-state index contributed by atoms with van der Waals surface area (Å²) in [5, 5.41) is -0.114. The van der Waals surface area contributed by atoms with Crippen LogP contribution in [-0.4, -0.2) is 12.2 Å². The molecule has 1 unspecified atom stereocenters. The minimum Gasteiger partial charge on any atom is -0.327 e. The molecule has 0 fully saturated rings. The lowest BCUT2D eigenvalue weighted by atomic mass is 10.0. The molecular weight excluding hydrogens is 246 g/mol. The Bertz CT molecular complexity index is 364.